The number of hydrogen-bond acceptors (Lipinski definition) is 2. The second-order valence-corrected chi connectivity index (χ2v) is 13.7. The van der Waals surface area contributed by atoms with E-state index in [-0.39, 0.29) is 0 Å². The lowest BCUT2D eigenvalue weighted by atomic mass is 10.0. The van der Waals surface area contributed by atoms with E-state index in [4.69, 9.17) is 8.83 Å². The van der Waals surface area contributed by atoms with Crippen LogP contribution in [0.25, 0.3) is 110 Å². The summed E-state index contributed by atoms with van der Waals surface area (Å²) >= 11 is 0. The smallest absolute Gasteiger partial charge is 0.137 e. The van der Waals surface area contributed by atoms with E-state index in [1.807, 2.05) is 24.3 Å². The first-order chi connectivity index (χ1) is 25.8. The topological polar surface area (TPSA) is 36.1 Å². The van der Waals surface area contributed by atoms with Crippen LogP contribution in [0.4, 0.5) is 0 Å². The van der Waals surface area contributed by atoms with Crippen LogP contribution in [0.1, 0.15) is 0 Å². The number of benzene rings is 8. The maximum atomic E-state index is 6.56. The van der Waals surface area contributed by atoms with E-state index < -0.39 is 0 Å². The van der Waals surface area contributed by atoms with Crippen LogP contribution in [-0.4, -0.2) is 9.13 Å². The Balaban J connectivity index is 1.11. The molecule has 0 amide bonds. The first-order valence-corrected chi connectivity index (χ1v) is 17.7. The molecule has 0 saturated carbocycles. The fraction of sp³-hybridized carbons (Fsp3) is 0. The van der Waals surface area contributed by atoms with Gasteiger partial charge in [0.05, 0.1) is 33.1 Å². The van der Waals surface area contributed by atoms with Crippen molar-refractivity contribution in [3.05, 3.63) is 170 Å². The lowest BCUT2D eigenvalue weighted by Gasteiger charge is -2.10. The average molecular weight is 665 g/mol. The fourth-order valence-electron chi connectivity index (χ4n) is 8.71. The molecule has 0 aliphatic rings. The standard InChI is InChI=1S/C48H28N2O2/c1-2-11-31(12-3-1)49-37-16-7-4-13-32(37)35-27-29(21-23-39(35)49)30-22-24-40-36(28-30)33-14-5-8-17-38(33)50(40)41-18-10-20-43-47(41)48-45(52-43)26-25-44-46(48)34-15-6-9-19-42(34)51-44/h1-28H. The van der Waals surface area contributed by atoms with Crippen molar-refractivity contribution in [3.63, 3.8) is 0 Å². The van der Waals surface area contributed by atoms with Crippen molar-refractivity contribution in [3.8, 4) is 22.5 Å². The number of hydrogen-bond donors (Lipinski definition) is 0. The highest BCUT2D eigenvalue weighted by Gasteiger charge is 2.22. The lowest BCUT2D eigenvalue weighted by Crippen LogP contribution is -1.94. The minimum absolute atomic E-state index is 0.855. The van der Waals surface area contributed by atoms with Crippen molar-refractivity contribution in [2.75, 3.05) is 0 Å². The Hall–Kier alpha value is -7.04. The predicted molar refractivity (Wildman–Crippen MR) is 215 cm³/mol. The maximum Gasteiger partial charge on any atom is 0.137 e. The molecule has 0 atom stereocenters. The summed E-state index contributed by atoms with van der Waals surface area (Å²) in [4.78, 5) is 0. The zero-order valence-corrected chi connectivity index (χ0v) is 27.9. The molecule has 4 nitrogen and oxygen atoms in total. The molecule has 0 fully saturated rings. The van der Waals surface area contributed by atoms with Gasteiger partial charge in [-0.1, -0.05) is 91.0 Å². The summed E-state index contributed by atoms with van der Waals surface area (Å²) < 4.78 is 17.7. The third-order valence-corrected chi connectivity index (χ3v) is 10.9. The van der Waals surface area contributed by atoms with Crippen molar-refractivity contribution in [2.24, 2.45) is 0 Å². The Bertz CT molecular complexity index is 3410. The Morgan fingerprint density at radius 1 is 0.308 bits per heavy atom. The zero-order valence-electron chi connectivity index (χ0n) is 27.9. The molecule has 0 unspecified atom stereocenters. The molecule has 52 heavy (non-hydrogen) atoms. The van der Waals surface area contributed by atoms with Gasteiger partial charge in [0.2, 0.25) is 0 Å². The number of aromatic nitrogens is 2. The summed E-state index contributed by atoms with van der Waals surface area (Å²) in [5, 5.41) is 9.27. The molecule has 0 N–H and O–H groups in total. The number of nitrogens with zero attached hydrogens (tertiary/aromatic N) is 2. The average Bonchev–Trinajstić information content (AvgIpc) is 3.95. The van der Waals surface area contributed by atoms with E-state index in [0.29, 0.717) is 0 Å². The molecule has 4 aromatic heterocycles. The third-order valence-electron chi connectivity index (χ3n) is 10.9. The molecule has 0 spiro atoms. The Morgan fingerprint density at radius 2 is 0.827 bits per heavy atom. The number of rotatable bonds is 3. The first kappa shape index (κ1) is 27.7. The molecule has 4 heteroatoms. The van der Waals surface area contributed by atoms with Gasteiger partial charge in [-0.25, -0.2) is 0 Å². The summed E-state index contributed by atoms with van der Waals surface area (Å²) in [6, 6.07) is 60.6. The maximum absolute atomic E-state index is 6.56. The normalized spacial score (nSPS) is 12.2. The van der Waals surface area contributed by atoms with E-state index in [1.165, 1.54) is 43.7 Å². The quantitative estimate of drug-likeness (QED) is 0.188. The van der Waals surface area contributed by atoms with E-state index in [2.05, 4.69) is 155 Å². The van der Waals surface area contributed by atoms with Crippen molar-refractivity contribution >= 4 is 87.5 Å². The number of fused-ring (bicyclic) bond motifs is 13. The first-order valence-electron chi connectivity index (χ1n) is 17.7. The molecule has 0 aliphatic carbocycles. The molecule has 8 aromatic carbocycles. The van der Waals surface area contributed by atoms with Crippen molar-refractivity contribution in [1.82, 2.24) is 9.13 Å². The molecule has 0 aliphatic heterocycles. The molecule has 0 bridgehead atoms. The highest BCUT2D eigenvalue weighted by atomic mass is 16.3. The van der Waals surface area contributed by atoms with Gasteiger partial charge in [0.25, 0.3) is 0 Å². The lowest BCUT2D eigenvalue weighted by molar-refractivity contribution is 0.663. The molecule has 4 heterocycles. The minimum Gasteiger partial charge on any atom is -0.456 e. The monoisotopic (exact) mass is 664 g/mol. The summed E-state index contributed by atoms with van der Waals surface area (Å²) in [6.07, 6.45) is 0. The molecular formula is C48H28N2O2. The van der Waals surface area contributed by atoms with Crippen LogP contribution < -0.4 is 0 Å². The number of para-hydroxylation sites is 4. The van der Waals surface area contributed by atoms with Gasteiger partial charge in [0.15, 0.2) is 0 Å². The summed E-state index contributed by atoms with van der Waals surface area (Å²) in [6.45, 7) is 0. The van der Waals surface area contributed by atoms with Crippen molar-refractivity contribution in [1.29, 1.82) is 0 Å². The fourth-order valence-corrected chi connectivity index (χ4v) is 8.71. The summed E-state index contributed by atoms with van der Waals surface area (Å²) in [7, 11) is 0. The summed E-state index contributed by atoms with van der Waals surface area (Å²) in [5.74, 6) is 0. The minimum atomic E-state index is 0.855. The zero-order chi connectivity index (χ0) is 33.9. The van der Waals surface area contributed by atoms with Crippen LogP contribution in [0.2, 0.25) is 0 Å². The van der Waals surface area contributed by atoms with Crippen LogP contribution in [0.15, 0.2) is 179 Å². The number of furan rings is 2. The van der Waals surface area contributed by atoms with Gasteiger partial charge < -0.3 is 18.0 Å². The SMILES string of the molecule is c1ccc(-n2c3ccccc3c3cc(-c4ccc5c(c4)c4ccccc4n5-c4cccc5oc6ccc7oc8ccccc8c7c6c45)ccc32)cc1. The Kier molecular flexibility index (Phi) is 5.47. The highest BCUT2D eigenvalue weighted by Crippen LogP contribution is 2.44. The molecular weight excluding hydrogens is 637 g/mol. The molecule has 0 saturated heterocycles. The van der Waals surface area contributed by atoms with Gasteiger partial charge in [-0.15, -0.1) is 0 Å². The van der Waals surface area contributed by atoms with Crippen LogP contribution >= 0.6 is 0 Å². The molecule has 12 aromatic rings. The van der Waals surface area contributed by atoms with Gasteiger partial charge in [-0.05, 0) is 90.0 Å². The van der Waals surface area contributed by atoms with Gasteiger partial charge >= 0.3 is 0 Å². The van der Waals surface area contributed by atoms with Gasteiger partial charge in [-0.2, -0.15) is 0 Å². The van der Waals surface area contributed by atoms with E-state index in [0.717, 1.165) is 66.3 Å². The third kappa shape index (κ3) is 3.70. The van der Waals surface area contributed by atoms with Crippen LogP contribution in [0, 0.1) is 0 Å². The molecule has 242 valence electrons. The van der Waals surface area contributed by atoms with Gasteiger partial charge in [0, 0.05) is 43.4 Å². The van der Waals surface area contributed by atoms with Gasteiger partial charge in [0.1, 0.15) is 22.3 Å². The van der Waals surface area contributed by atoms with E-state index in [9.17, 15) is 0 Å². The van der Waals surface area contributed by atoms with Crippen LogP contribution in [-0.2, 0) is 0 Å². The molecule has 0 radical (unpaired) electrons. The van der Waals surface area contributed by atoms with Crippen LogP contribution in [0.5, 0.6) is 0 Å². The predicted octanol–water partition coefficient (Wildman–Crippen LogP) is 13.3. The van der Waals surface area contributed by atoms with Crippen molar-refractivity contribution < 1.29 is 8.83 Å². The highest BCUT2D eigenvalue weighted by molar-refractivity contribution is 6.28. The molecule has 12 rings (SSSR count). The Labute approximate surface area is 296 Å². The van der Waals surface area contributed by atoms with Gasteiger partial charge in [-0.3, -0.25) is 0 Å². The second-order valence-electron chi connectivity index (χ2n) is 13.7. The largest absolute Gasteiger partial charge is 0.456 e. The second kappa shape index (κ2) is 10.3. The van der Waals surface area contributed by atoms with E-state index >= 15 is 0 Å². The van der Waals surface area contributed by atoms with Crippen molar-refractivity contribution in [2.45, 2.75) is 0 Å². The Morgan fingerprint density at radius 3 is 1.56 bits per heavy atom. The summed E-state index contributed by atoms with van der Waals surface area (Å²) in [5.41, 5.74) is 12.8. The van der Waals surface area contributed by atoms with E-state index in [1.54, 1.807) is 0 Å². The van der Waals surface area contributed by atoms with Crippen LogP contribution in [0.3, 0.4) is 0 Å².